The summed E-state index contributed by atoms with van der Waals surface area (Å²) in [6.07, 6.45) is -0.558. The number of aromatic nitrogens is 1. The normalized spacial score (nSPS) is 9.65. The highest BCUT2D eigenvalue weighted by Crippen LogP contribution is 2.19. The molecule has 6 nitrogen and oxygen atoms in total. The van der Waals surface area contributed by atoms with Gasteiger partial charge in [0.1, 0.15) is 11.6 Å². The van der Waals surface area contributed by atoms with Crippen molar-refractivity contribution in [2.24, 2.45) is 0 Å². The van der Waals surface area contributed by atoms with Crippen LogP contribution >= 0.6 is 24.0 Å². The monoisotopic (exact) mass is 356 g/mol. The smallest absolute Gasteiger partial charge is 0.411 e. The number of anilines is 3. The molecule has 124 valence electrons. The van der Waals surface area contributed by atoms with Gasteiger partial charge in [0.05, 0.1) is 12.3 Å². The number of pyridine rings is 1. The summed E-state index contributed by atoms with van der Waals surface area (Å²) in [7, 11) is 0. The van der Waals surface area contributed by atoms with Crippen LogP contribution in [0.15, 0.2) is 36.4 Å². The molecule has 8 heteroatoms. The molecule has 0 aliphatic rings. The van der Waals surface area contributed by atoms with Crippen molar-refractivity contribution in [2.75, 3.05) is 23.0 Å². The number of nitrogens with two attached hydrogens (primary N) is 1. The Balaban J connectivity index is 0.00000264. The van der Waals surface area contributed by atoms with Gasteiger partial charge in [-0.05, 0) is 36.8 Å². The van der Waals surface area contributed by atoms with Gasteiger partial charge in [0, 0.05) is 11.6 Å². The highest BCUT2D eigenvalue weighted by atomic mass is 35.5. The number of nitrogen functional groups attached to an aromatic ring is 1. The third-order valence-corrected chi connectivity index (χ3v) is 3.08. The summed E-state index contributed by atoms with van der Waals surface area (Å²) < 4.78 is 4.79. The third-order valence-electron chi connectivity index (χ3n) is 2.82. The lowest BCUT2D eigenvalue weighted by Crippen LogP contribution is -2.15. The number of carbonyl (C=O) groups excluding carboxylic acids is 1. The first-order valence-corrected chi connectivity index (χ1v) is 7.15. The molecule has 4 N–H and O–H groups in total. The molecular weight excluding hydrogens is 339 g/mol. The summed E-state index contributed by atoms with van der Waals surface area (Å²) in [5, 5.41) is 6.37. The maximum Gasteiger partial charge on any atom is 0.411 e. The maximum atomic E-state index is 11.3. The summed E-state index contributed by atoms with van der Waals surface area (Å²) in [4.78, 5) is 15.5. The van der Waals surface area contributed by atoms with Crippen LogP contribution in [-0.2, 0) is 11.3 Å². The fourth-order valence-electron chi connectivity index (χ4n) is 1.75. The Kier molecular flexibility index (Phi) is 7.44. The molecule has 0 atom stereocenters. The highest BCUT2D eigenvalue weighted by Gasteiger charge is 2.07. The number of rotatable bonds is 5. The standard InChI is InChI=1S/C15H17ClN4O2.ClH/c1-2-22-15(21)19-12-7-8-13(20-14(12)17)18-9-10-3-5-11(16)6-4-10;/h3-8H,2,9H2,1H3,(H,19,21)(H3,17,18,20);1H. The fraction of sp³-hybridized carbons (Fsp3) is 0.200. The molecule has 0 fully saturated rings. The van der Waals surface area contributed by atoms with E-state index < -0.39 is 6.09 Å². The quantitative estimate of drug-likeness (QED) is 0.755. The molecule has 0 spiro atoms. The molecule has 1 amide bonds. The van der Waals surface area contributed by atoms with Crippen LogP contribution in [0.4, 0.5) is 22.1 Å². The Bertz CT molecular complexity index is 650. The zero-order valence-corrected chi connectivity index (χ0v) is 14.1. The van der Waals surface area contributed by atoms with Crippen LogP contribution in [0.25, 0.3) is 0 Å². The minimum atomic E-state index is -0.558. The van der Waals surface area contributed by atoms with Gasteiger partial charge >= 0.3 is 6.09 Å². The lowest BCUT2D eigenvalue weighted by Gasteiger charge is -2.10. The van der Waals surface area contributed by atoms with Gasteiger partial charge in [-0.3, -0.25) is 5.32 Å². The summed E-state index contributed by atoms with van der Waals surface area (Å²) in [6.45, 7) is 2.61. The van der Waals surface area contributed by atoms with Gasteiger partial charge in [-0.2, -0.15) is 0 Å². The first-order valence-electron chi connectivity index (χ1n) is 6.77. The SMILES string of the molecule is CCOC(=O)Nc1ccc(NCc2ccc(Cl)cc2)nc1N.Cl. The van der Waals surface area contributed by atoms with Crippen molar-refractivity contribution in [3.63, 3.8) is 0 Å². The van der Waals surface area contributed by atoms with E-state index >= 15 is 0 Å². The molecule has 2 aromatic rings. The van der Waals surface area contributed by atoms with Crippen LogP contribution in [0.2, 0.25) is 5.02 Å². The maximum absolute atomic E-state index is 11.3. The molecule has 0 aliphatic carbocycles. The largest absolute Gasteiger partial charge is 0.450 e. The molecule has 1 aromatic carbocycles. The zero-order chi connectivity index (χ0) is 15.9. The van der Waals surface area contributed by atoms with E-state index in [0.717, 1.165) is 5.56 Å². The third kappa shape index (κ3) is 5.84. The molecular formula is C15H18Cl2N4O2. The molecule has 2 rings (SSSR count). The van der Waals surface area contributed by atoms with Crippen LogP contribution in [0.3, 0.4) is 0 Å². The summed E-state index contributed by atoms with van der Waals surface area (Å²) in [6, 6.07) is 10.9. The van der Waals surface area contributed by atoms with E-state index in [2.05, 4.69) is 15.6 Å². The first-order chi connectivity index (χ1) is 10.6. The number of ether oxygens (including phenoxy) is 1. The predicted octanol–water partition coefficient (Wildman–Crippen LogP) is 3.92. The van der Waals surface area contributed by atoms with Crippen LogP contribution < -0.4 is 16.4 Å². The molecule has 0 aliphatic heterocycles. The van der Waals surface area contributed by atoms with Gasteiger partial charge in [0.2, 0.25) is 0 Å². The van der Waals surface area contributed by atoms with Crippen molar-refractivity contribution < 1.29 is 9.53 Å². The molecule has 1 heterocycles. The zero-order valence-electron chi connectivity index (χ0n) is 12.5. The molecule has 1 aromatic heterocycles. The fourth-order valence-corrected chi connectivity index (χ4v) is 1.88. The molecule has 0 bridgehead atoms. The summed E-state index contributed by atoms with van der Waals surface area (Å²) in [5.74, 6) is 0.830. The van der Waals surface area contributed by atoms with Gasteiger partial charge in [-0.15, -0.1) is 12.4 Å². The van der Waals surface area contributed by atoms with Crippen molar-refractivity contribution in [3.05, 3.63) is 47.0 Å². The van der Waals surface area contributed by atoms with Crippen LogP contribution in [0.1, 0.15) is 12.5 Å². The molecule has 0 unspecified atom stereocenters. The van der Waals surface area contributed by atoms with Crippen LogP contribution in [0, 0.1) is 0 Å². The highest BCUT2D eigenvalue weighted by molar-refractivity contribution is 6.30. The predicted molar refractivity (Wildman–Crippen MR) is 95.3 cm³/mol. The second kappa shape index (κ2) is 9.07. The number of nitrogens with one attached hydrogen (secondary N) is 2. The Morgan fingerprint density at radius 3 is 2.57 bits per heavy atom. The van der Waals surface area contributed by atoms with Crippen molar-refractivity contribution in [2.45, 2.75) is 13.5 Å². The van der Waals surface area contributed by atoms with E-state index in [1.54, 1.807) is 19.1 Å². The topological polar surface area (TPSA) is 89.3 Å². The second-order valence-corrected chi connectivity index (χ2v) is 4.89. The van der Waals surface area contributed by atoms with E-state index in [1.807, 2.05) is 24.3 Å². The number of nitrogens with zero attached hydrogens (tertiary/aromatic N) is 1. The van der Waals surface area contributed by atoms with Crippen molar-refractivity contribution >= 4 is 47.4 Å². The Morgan fingerprint density at radius 2 is 1.96 bits per heavy atom. The number of hydrogen-bond donors (Lipinski definition) is 3. The van der Waals surface area contributed by atoms with Crippen LogP contribution in [-0.4, -0.2) is 17.7 Å². The number of amides is 1. The van der Waals surface area contributed by atoms with Gasteiger partial charge < -0.3 is 15.8 Å². The lowest BCUT2D eigenvalue weighted by atomic mass is 10.2. The summed E-state index contributed by atoms with van der Waals surface area (Å²) in [5.41, 5.74) is 7.30. The van der Waals surface area contributed by atoms with Crippen molar-refractivity contribution in [1.82, 2.24) is 4.98 Å². The number of hydrogen-bond acceptors (Lipinski definition) is 5. The number of benzene rings is 1. The van der Waals surface area contributed by atoms with Gasteiger partial charge in [-0.25, -0.2) is 9.78 Å². The van der Waals surface area contributed by atoms with E-state index in [-0.39, 0.29) is 18.2 Å². The van der Waals surface area contributed by atoms with Crippen LogP contribution in [0.5, 0.6) is 0 Å². The minimum Gasteiger partial charge on any atom is -0.450 e. The molecule has 0 radical (unpaired) electrons. The van der Waals surface area contributed by atoms with E-state index in [1.165, 1.54) is 0 Å². The average Bonchev–Trinajstić information content (AvgIpc) is 2.49. The molecule has 23 heavy (non-hydrogen) atoms. The van der Waals surface area contributed by atoms with Crippen molar-refractivity contribution in [3.8, 4) is 0 Å². The average molecular weight is 357 g/mol. The van der Waals surface area contributed by atoms with E-state index in [4.69, 9.17) is 22.1 Å². The van der Waals surface area contributed by atoms with Gasteiger partial charge in [0.25, 0.3) is 0 Å². The Hall–Kier alpha value is -2.18. The van der Waals surface area contributed by atoms with Gasteiger partial charge in [0.15, 0.2) is 0 Å². The number of carbonyl (C=O) groups is 1. The lowest BCUT2D eigenvalue weighted by molar-refractivity contribution is 0.168. The summed E-state index contributed by atoms with van der Waals surface area (Å²) >= 11 is 5.84. The van der Waals surface area contributed by atoms with Crippen molar-refractivity contribution in [1.29, 1.82) is 0 Å². The van der Waals surface area contributed by atoms with Gasteiger partial charge in [-0.1, -0.05) is 23.7 Å². The Morgan fingerprint density at radius 1 is 1.26 bits per heavy atom. The molecule has 0 saturated carbocycles. The van der Waals surface area contributed by atoms with E-state index in [9.17, 15) is 4.79 Å². The number of halogens is 2. The minimum absolute atomic E-state index is 0. The Labute approximate surface area is 145 Å². The first kappa shape index (κ1) is 18.9. The second-order valence-electron chi connectivity index (χ2n) is 4.45. The van der Waals surface area contributed by atoms with E-state index in [0.29, 0.717) is 29.7 Å². The molecule has 0 saturated heterocycles.